The molecule has 13 heteroatoms. The Morgan fingerprint density at radius 3 is 2.49 bits per heavy atom. The van der Waals surface area contributed by atoms with Gasteiger partial charge in [-0.15, -0.1) is 0 Å². The molecule has 1 aliphatic heterocycles. The van der Waals surface area contributed by atoms with E-state index in [0.717, 1.165) is 0 Å². The average Bonchev–Trinajstić information content (AvgIpc) is 3.16. The van der Waals surface area contributed by atoms with Crippen molar-refractivity contribution < 1.29 is 27.4 Å². The minimum atomic E-state index is -4.66. The van der Waals surface area contributed by atoms with Crippen molar-refractivity contribution in [1.82, 2.24) is 9.78 Å². The summed E-state index contributed by atoms with van der Waals surface area (Å²) in [4.78, 5) is 12.9. The van der Waals surface area contributed by atoms with Crippen molar-refractivity contribution in [2.45, 2.75) is 24.7 Å². The SMILES string of the molecule is COc1ccc(C2CC(C(F)(F)F)n3nc(C(=O)Nc4cccc(Cl)c4Cl)c(Cl)c3N2)cc1OC. The van der Waals surface area contributed by atoms with E-state index in [1.165, 1.54) is 26.4 Å². The van der Waals surface area contributed by atoms with Crippen molar-refractivity contribution in [3.8, 4) is 11.5 Å². The number of halogens is 6. The topological polar surface area (TPSA) is 77.4 Å². The molecule has 186 valence electrons. The summed E-state index contributed by atoms with van der Waals surface area (Å²) in [6, 6.07) is 6.53. The zero-order valence-electron chi connectivity index (χ0n) is 18.2. The van der Waals surface area contributed by atoms with E-state index in [-0.39, 0.29) is 26.6 Å². The number of anilines is 2. The fourth-order valence-corrected chi connectivity index (χ4v) is 4.42. The monoisotopic (exact) mass is 548 g/mol. The number of hydrogen-bond acceptors (Lipinski definition) is 5. The van der Waals surface area contributed by atoms with Crippen LogP contribution in [0.5, 0.6) is 11.5 Å². The lowest BCUT2D eigenvalue weighted by Gasteiger charge is -2.33. The summed E-state index contributed by atoms with van der Waals surface area (Å²) < 4.78 is 53.3. The van der Waals surface area contributed by atoms with Gasteiger partial charge in [0.25, 0.3) is 5.91 Å². The minimum Gasteiger partial charge on any atom is -0.493 e. The second-order valence-corrected chi connectivity index (χ2v) is 8.78. The van der Waals surface area contributed by atoms with Gasteiger partial charge in [-0.2, -0.15) is 18.3 Å². The number of aromatic nitrogens is 2. The van der Waals surface area contributed by atoms with E-state index in [1.807, 2.05) is 0 Å². The molecule has 2 heterocycles. The summed E-state index contributed by atoms with van der Waals surface area (Å²) in [5.74, 6) is -0.186. The first kappa shape index (κ1) is 25.3. The van der Waals surface area contributed by atoms with E-state index in [4.69, 9.17) is 44.3 Å². The number of fused-ring (bicyclic) bond motifs is 1. The zero-order chi connectivity index (χ0) is 25.5. The lowest BCUT2D eigenvalue weighted by atomic mass is 9.96. The van der Waals surface area contributed by atoms with Crippen LogP contribution in [0.4, 0.5) is 24.7 Å². The van der Waals surface area contributed by atoms with Crippen LogP contribution in [0.2, 0.25) is 15.1 Å². The molecule has 1 aromatic heterocycles. The van der Waals surface area contributed by atoms with Gasteiger partial charge in [-0.1, -0.05) is 46.9 Å². The molecule has 7 nitrogen and oxygen atoms in total. The van der Waals surface area contributed by atoms with Crippen molar-refractivity contribution in [2.75, 3.05) is 24.9 Å². The van der Waals surface area contributed by atoms with Crippen molar-refractivity contribution in [2.24, 2.45) is 0 Å². The highest BCUT2D eigenvalue weighted by Crippen LogP contribution is 2.47. The molecule has 2 aromatic carbocycles. The Bertz CT molecular complexity index is 1280. The van der Waals surface area contributed by atoms with E-state index in [2.05, 4.69) is 15.7 Å². The number of carbonyl (C=O) groups excluding carboxylic acids is 1. The van der Waals surface area contributed by atoms with E-state index >= 15 is 0 Å². The van der Waals surface area contributed by atoms with Gasteiger partial charge in [0.15, 0.2) is 23.2 Å². The van der Waals surface area contributed by atoms with Gasteiger partial charge in [-0.05, 0) is 29.8 Å². The summed E-state index contributed by atoms with van der Waals surface area (Å²) in [7, 11) is 2.88. The maximum atomic E-state index is 14.1. The van der Waals surface area contributed by atoms with Crippen LogP contribution in [0.3, 0.4) is 0 Å². The Kier molecular flexibility index (Phi) is 6.99. The number of alkyl halides is 3. The van der Waals surface area contributed by atoms with Gasteiger partial charge >= 0.3 is 6.18 Å². The third-order valence-electron chi connectivity index (χ3n) is 5.52. The molecule has 4 rings (SSSR count). The van der Waals surface area contributed by atoms with Crippen LogP contribution in [0, 0.1) is 0 Å². The molecule has 0 spiro atoms. The normalized spacial score (nSPS) is 17.4. The molecular formula is C22H18Cl3F3N4O3. The molecule has 0 saturated carbocycles. The number of nitrogens with one attached hydrogen (secondary N) is 2. The van der Waals surface area contributed by atoms with Crippen molar-refractivity contribution in [1.29, 1.82) is 0 Å². The highest BCUT2D eigenvalue weighted by atomic mass is 35.5. The van der Waals surface area contributed by atoms with Gasteiger partial charge in [0.2, 0.25) is 0 Å². The Morgan fingerprint density at radius 1 is 1.11 bits per heavy atom. The molecule has 0 aliphatic carbocycles. The summed E-state index contributed by atoms with van der Waals surface area (Å²) in [5.41, 5.74) is 0.277. The number of carbonyl (C=O) groups is 1. The van der Waals surface area contributed by atoms with Crippen LogP contribution in [0.1, 0.15) is 34.6 Å². The maximum Gasteiger partial charge on any atom is 0.410 e. The first-order chi connectivity index (χ1) is 16.5. The minimum absolute atomic E-state index is 0.0717. The van der Waals surface area contributed by atoms with Gasteiger partial charge < -0.3 is 20.1 Å². The zero-order valence-corrected chi connectivity index (χ0v) is 20.5. The molecule has 0 bridgehead atoms. The molecule has 1 aliphatic rings. The number of benzene rings is 2. The first-order valence-corrected chi connectivity index (χ1v) is 11.3. The highest BCUT2D eigenvalue weighted by molar-refractivity contribution is 6.44. The number of ether oxygens (including phenoxy) is 2. The van der Waals surface area contributed by atoms with E-state index in [0.29, 0.717) is 21.7 Å². The van der Waals surface area contributed by atoms with Crippen molar-refractivity contribution >= 4 is 52.2 Å². The standard InChI is InChI=1S/C22H18Cl3F3N4O3/c1-34-14-7-6-10(8-15(14)35-2)13-9-16(22(26,27)28)32-20(29-13)18(25)19(31-32)21(33)30-12-5-3-4-11(23)17(12)24/h3-8,13,16,29H,9H2,1-2H3,(H,30,33). The fraction of sp³-hybridized carbons (Fsp3) is 0.273. The Hall–Kier alpha value is -2.82. The molecule has 0 radical (unpaired) electrons. The molecule has 1 amide bonds. The summed E-state index contributed by atoms with van der Waals surface area (Å²) in [6.07, 6.45) is -5.06. The fourth-order valence-electron chi connectivity index (χ4n) is 3.80. The molecule has 0 saturated heterocycles. The number of hydrogen-bond donors (Lipinski definition) is 2. The van der Waals surface area contributed by atoms with Crippen LogP contribution in [-0.2, 0) is 0 Å². The lowest BCUT2D eigenvalue weighted by Crippen LogP contribution is -2.35. The summed E-state index contributed by atoms with van der Waals surface area (Å²) in [5, 5.41) is 9.37. The van der Waals surface area contributed by atoms with Crippen molar-refractivity contribution in [3.63, 3.8) is 0 Å². The van der Waals surface area contributed by atoms with Gasteiger partial charge in [-0.3, -0.25) is 4.79 Å². The summed E-state index contributed by atoms with van der Waals surface area (Å²) >= 11 is 18.4. The predicted octanol–water partition coefficient (Wildman–Crippen LogP) is 6.77. The summed E-state index contributed by atoms with van der Waals surface area (Å²) in [6.45, 7) is 0. The Labute approximate surface area is 213 Å². The molecule has 2 atom stereocenters. The number of rotatable bonds is 5. The van der Waals surface area contributed by atoms with Crippen LogP contribution >= 0.6 is 34.8 Å². The third kappa shape index (κ3) is 4.82. The predicted molar refractivity (Wildman–Crippen MR) is 127 cm³/mol. The van der Waals surface area contributed by atoms with E-state index in [9.17, 15) is 18.0 Å². The van der Waals surface area contributed by atoms with Crippen LogP contribution < -0.4 is 20.1 Å². The molecule has 3 aromatic rings. The third-order valence-corrected chi connectivity index (χ3v) is 6.70. The molecule has 0 fully saturated rings. The van der Waals surface area contributed by atoms with E-state index < -0.39 is 36.3 Å². The van der Waals surface area contributed by atoms with Crippen LogP contribution in [0.15, 0.2) is 36.4 Å². The second kappa shape index (κ2) is 9.67. The number of nitrogens with zero attached hydrogens (tertiary/aromatic N) is 2. The lowest BCUT2D eigenvalue weighted by molar-refractivity contribution is -0.173. The largest absolute Gasteiger partial charge is 0.493 e. The smallest absolute Gasteiger partial charge is 0.410 e. The van der Waals surface area contributed by atoms with Crippen molar-refractivity contribution in [3.05, 3.63) is 62.7 Å². The van der Waals surface area contributed by atoms with Gasteiger partial charge in [0.1, 0.15) is 10.8 Å². The van der Waals surface area contributed by atoms with Gasteiger partial charge in [0.05, 0.1) is 36.0 Å². The average molecular weight is 550 g/mol. The Balaban J connectivity index is 1.72. The van der Waals surface area contributed by atoms with Gasteiger partial charge in [0, 0.05) is 6.42 Å². The molecule has 2 unspecified atom stereocenters. The quantitative estimate of drug-likeness (QED) is 0.367. The maximum absolute atomic E-state index is 14.1. The number of methoxy groups -OCH3 is 2. The molecule has 35 heavy (non-hydrogen) atoms. The van der Waals surface area contributed by atoms with Crippen LogP contribution in [0.25, 0.3) is 0 Å². The Morgan fingerprint density at radius 2 is 1.83 bits per heavy atom. The first-order valence-electron chi connectivity index (χ1n) is 10.1. The molecule has 2 N–H and O–H groups in total. The highest BCUT2D eigenvalue weighted by Gasteiger charge is 2.48. The second-order valence-electron chi connectivity index (χ2n) is 7.62. The number of amides is 1. The van der Waals surface area contributed by atoms with Gasteiger partial charge in [-0.25, -0.2) is 4.68 Å². The molecular weight excluding hydrogens is 532 g/mol. The van der Waals surface area contributed by atoms with Crippen LogP contribution in [-0.4, -0.2) is 36.1 Å². The van der Waals surface area contributed by atoms with E-state index in [1.54, 1.807) is 24.3 Å².